The van der Waals surface area contributed by atoms with Crippen LogP contribution < -0.4 is 22.1 Å². The molecule has 2 amide bonds. The van der Waals surface area contributed by atoms with Gasteiger partial charge in [-0.05, 0) is 26.4 Å². The molecule has 15 heavy (non-hydrogen) atoms. The van der Waals surface area contributed by atoms with E-state index >= 15 is 0 Å². The van der Waals surface area contributed by atoms with Crippen LogP contribution in [0, 0.1) is 0 Å². The molecule has 2 atom stereocenters. The van der Waals surface area contributed by atoms with Gasteiger partial charge in [0.2, 0.25) is 11.8 Å². The van der Waals surface area contributed by atoms with Crippen molar-refractivity contribution in [2.24, 2.45) is 11.5 Å². The van der Waals surface area contributed by atoms with Gasteiger partial charge in [0.25, 0.3) is 0 Å². The Bertz CT molecular complexity index is 220. The number of nitrogens with one attached hydrogen (secondary N) is 2. The van der Waals surface area contributed by atoms with Gasteiger partial charge in [-0.1, -0.05) is 6.92 Å². The van der Waals surface area contributed by atoms with E-state index in [0.717, 1.165) is 0 Å². The first-order valence-electron chi connectivity index (χ1n) is 5.02. The summed E-state index contributed by atoms with van der Waals surface area (Å²) in [6.45, 7) is 2.55. The molecule has 0 aliphatic heterocycles. The van der Waals surface area contributed by atoms with E-state index in [4.69, 9.17) is 11.5 Å². The highest BCUT2D eigenvalue weighted by Gasteiger charge is 2.18. The van der Waals surface area contributed by atoms with Crippen LogP contribution >= 0.6 is 0 Å². The van der Waals surface area contributed by atoms with Gasteiger partial charge in [-0.25, -0.2) is 0 Å². The fourth-order valence-electron chi connectivity index (χ4n) is 1.35. The molecule has 0 aromatic carbocycles. The standard InChI is InChI=1S/C9H20N4O2/c1-3-13-7(9(11)15)5-4-6(12-2)8(10)14/h6-7,12-13H,3-5H2,1-2H3,(H2,10,14)(H2,11,15). The van der Waals surface area contributed by atoms with Crippen molar-refractivity contribution in [3.05, 3.63) is 0 Å². The number of carbonyl (C=O) groups excluding carboxylic acids is 2. The molecular weight excluding hydrogens is 196 g/mol. The average Bonchev–Trinajstić information content (AvgIpc) is 2.16. The summed E-state index contributed by atoms with van der Waals surface area (Å²) in [6, 6.07) is -0.810. The zero-order chi connectivity index (χ0) is 11.8. The lowest BCUT2D eigenvalue weighted by Gasteiger charge is -2.17. The molecule has 0 rings (SSSR count). The Morgan fingerprint density at radius 1 is 1.13 bits per heavy atom. The molecule has 88 valence electrons. The number of primary amides is 2. The fourth-order valence-corrected chi connectivity index (χ4v) is 1.35. The Morgan fingerprint density at radius 2 is 1.60 bits per heavy atom. The van der Waals surface area contributed by atoms with E-state index in [9.17, 15) is 9.59 Å². The van der Waals surface area contributed by atoms with Crippen molar-refractivity contribution in [3.63, 3.8) is 0 Å². The first-order valence-corrected chi connectivity index (χ1v) is 5.02. The van der Waals surface area contributed by atoms with E-state index in [1.807, 2.05) is 6.92 Å². The summed E-state index contributed by atoms with van der Waals surface area (Å²) in [4.78, 5) is 21.9. The molecule has 0 saturated heterocycles. The van der Waals surface area contributed by atoms with Gasteiger partial charge in [0.1, 0.15) is 0 Å². The minimum Gasteiger partial charge on any atom is -0.368 e. The summed E-state index contributed by atoms with van der Waals surface area (Å²) >= 11 is 0. The van der Waals surface area contributed by atoms with Gasteiger partial charge < -0.3 is 22.1 Å². The second-order valence-corrected chi connectivity index (χ2v) is 3.33. The van der Waals surface area contributed by atoms with Gasteiger partial charge in [0.15, 0.2) is 0 Å². The van der Waals surface area contributed by atoms with Gasteiger partial charge in [-0.15, -0.1) is 0 Å². The lowest BCUT2D eigenvalue weighted by Crippen LogP contribution is -2.44. The molecule has 0 bridgehead atoms. The Morgan fingerprint density at radius 3 is 1.93 bits per heavy atom. The van der Waals surface area contributed by atoms with Crippen molar-refractivity contribution in [2.75, 3.05) is 13.6 Å². The van der Waals surface area contributed by atoms with E-state index in [2.05, 4.69) is 10.6 Å². The van der Waals surface area contributed by atoms with Crippen LogP contribution in [0.3, 0.4) is 0 Å². The number of hydrogen-bond acceptors (Lipinski definition) is 4. The second kappa shape index (κ2) is 7.19. The van der Waals surface area contributed by atoms with Gasteiger partial charge in [-0.2, -0.15) is 0 Å². The van der Waals surface area contributed by atoms with Crippen molar-refractivity contribution in [2.45, 2.75) is 31.8 Å². The molecule has 0 saturated carbocycles. The predicted octanol–water partition coefficient (Wildman–Crippen LogP) is -1.70. The third-order valence-corrected chi connectivity index (χ3v) is 2.23. The number of likely N-dealkylation sites (N-methyl/N-ethyl adjacent to an activating group) is 2. The second-order valence-electron chi connectivity index (χ2n) is 3.33. The quantitative estimate of drug-likeness (QED) is 0.388. The number of hydrogen-bond donors (Lipinski definition) is 4. The lowest BCUT2D eigenvalue weighted by molar-refractivity contribution is -0.122. The third kappa shape index (κ3) is 5.34. The zero-order valence-corrected chi connectivity index (χ0v) is 9.25. The molecule has 2 unspecified atom stereocenters. The zero-order valence-electron chi connectivity index (χ0n) is 9.25. The maximum absolute atomic E-state index is 11.0. The fraction of sp³-hybridized carbons (Fsp3) is 0.778. The summed E-state index contributed by atoms with van der Waals surface area (Å²) < 4.78 is 0. The predicted molar refractivity (Wildman–Crippen MR) is 57.9 cm³/mol. The van der Waals surface area contributed by atoms with Gasteiger partial charge >= 0.3 is 0 Å². The van der Waals surface area contributed by atoms with Crippen LogP contribution in [0.1, 0.15) is 19.8 Å². The largest absolute Gasteiger partial charge is 0.368 e. The van der Waals surface area contributed by atoms with Crippen molar-refractivity contribution >= 4 is 11.8 Å². The maximum atomic E-state index is 11.0. The average molecular weight is 216 g/mol. The van der Waals surface area contributed by atoms with Crippen LogP contribution in [0.5, 0.6) is 0 Å². The highest BCUT2D eigenvalue weighted by atomic mass is 16.2. The molecule has 0 heterocycles. The minimum atomic E-state index is -0.419. The highest BCUT2D eigenvalue weighted by molar-refractivity contribution is 5.81. The van der Waals surface area contributed by atoms with Crippen molar-refractivity contribution in [3.8, 4) is 0 Å². The van der Waals surface area contributed by atoms with E-state index in [1.54, 1.807) is 7.05 Å². The van der Waals surface area contributed by atoms with Crippen LogP contribution in [0.2, 0.25) is 0 Å². The first kappa shape index (κ1) is 13.9. The molecule has 0 aliphatic carbocycles. The lowest BCUT2D eigenvalue weighted by atomic mass is 10.1. The molecule has 0 radical (unpaired) electrons. The summed E-state index contributed by atoms with van der Waals surface area (Å²) in [7, 11) is 1.65. The van der Waals surface area contributed by atoms with Crippen LogP contribution in [0.15, 0.2) is 0 Å². The van der Waals surface area contributed by atoms with E-state index in [1.165, 1.54) is 0 Å². The maximum Gasteiger partial charge on any atom is 0.234 e. The first-order chi connectivity index (χ1) is 7.02. The van der Waals surface area contributed by atoms with Gasteiger partial charge in [0.05, 0.1) is 12.1 Å². The van der Waals surface area contributed by atoms with E-state index < -0.39 is 23.9 Å². The Kier molecular flexibility index (Phi) is 6.64. The monoisotopic (exact) mass is 216 g/mol. The van der Waals surface area contributed by atoms with Crippen molar-refractivity contribution in [1.29, 1.82) is 0 Å². The van der Waals surface area contributed by atoms with E-state index in [-0.39, 0.29) is 0 Å². The minimum absolute atomic E-state index is 0.398. The number of nitrogens with two attached hydrogens (primary N) is 2. The Hall–Kier alpha value is -1.14. The van der Waals surface area contributed by atoms with Crippen molar-refractivity contribution < 1.29 is 9.59 Å². The number of rotatable bonds is 8. The van der Waals surface area contributed by atoms with Crippen molar-refractivity contribution in [1.82, 2.24) is 10.6 Å². The summed E-state index contributed by atoms with van der Waals surface area (Å²) in [5, 5.41) is 5.73. The van der Waals surface area contributed by atoms with Gasteiger partial charge in [-0.3, -0.25) is 9.59 Å². The van der Waals surface area contributed by atoms with Crippen LogP contribution in [0.25, 0.3) is 0 Å². The Labute approximate surface area is 89.8 Å². The van der Waals surface area contributed by atoms with Crippen LogP contribution in [0.4, 0.5) is 0 Å². The van der Waals surface area contributed by atoms with Crippen LogP contribution in [-0.2, 0) is 9.59 Å². The van der Waals surface area contributed by atoms with E-state index in [0.29, 0.717) is 19.4 Å². The van der Waals surface area contributed by atoms with Gasteiger partial charge in [0, 0.05) is 0 Å². The normalized spacial score (nSPS) is 14.5. The molecule has 6 nitrogen and oxygen atoms in total. The molecule has 6 N–H and O–H groups in total. The topological polar surface area (TPSA) is 110 Å². The number of carbonyl (C=O) groups is 2. The molecule has 0 aromatic heterocycles. The third-order valence-electron chi connectivity index (χ3n) is 2.23. The molecule has 0 fully saturated rings. The molecule has 0 aliphatic rings. The number of amides is 2. The highest BCUT2D eigenvalue weighted by Crippen LogP contribution is 2.01. The molecular formula is C9H20N4O2. The SMILES string of the molecule is CCNC(CCC(NC)C(N)=O)C(N)=O. The molecule has 0 spiro atoms. The molecule has 0 aromatic rings. The summed E-state index contributed by atoms with van der Waals surface area (Å²) in [5.74, 6) is -0.826. The molecule has 6 heteroatoms. The Balaban J connectivity index is 4.07. The smallest absolute Gasteiger partial charge is 0.234 e. The summed E-state index contributed by atoms with van der Waals surface area (Å²) in [5.41, 5.74) is 10.3. The van der Waals surface area contributed by atoms with Crippen LogP contribution in [-0.4, -0.2) is 37.5 Å². The summed E-state index contributed by atoms with van der Waals surface area (Å²) in [6.07, 6.45) is 0.990.